The Balaban J connectivity index is 1.30. The van der Waals surface area contributed by atoms with Crippen molar-refractivity contribution in [2.45, 2.75) is 46.5 Å². The second-order valence-corrected chi connectivity index (χ2v) is 14.1. The lowest BCUT2D eigenvalue weighted by molar-refractivity contribution is 0.482. The van der Waals surface area contributed by atoms with Crippen LogP contribution in [0.3, 0.4) is 0 Å². The fourth-order valence-electron chi connectivity index (χ4n) is 8.27. The van der Waals surface area contributed by atoms with Gasteiger partial charge in [-0.15, -0.1) is 0 Å². The summed E-state index contributed by atoms with van der Waals surface area (Å²) >= 11 is 0. The van der Waals surface area contributed by atoms with Gasteiger partial charge in [-0.2, -0.15) is 0 Å². The lowest BCUT2D eigenvalue weighted by Crippen LogP contribution is -2.35. The molecule has 4 aromatic carbocycles. The maximum absolute atomic E-state index is 6.91. The lowest BCUT2D eigenvalue weighted by Gasteiger charge is -2.26. The molecule has 0 spiro atoms. The van der Waals surface area contributed by atoms with Gasteiger partial charge in [-0.3, -0.25) is 0 Å². The molecule has 0 bridgehead atoms. The largest absolute Gasteiger partial charge is 0.460 e. The van der Waals surface area contributed by atoms with Gasteiger partial charge in [-0.25, -0.2) is 0 Å². The van der Waals surface area contributed by atoms with Gasteiger partial charge in [-0.1, -0.05) is 136 Å². The van der Waals surface area contributed by atoms with Gasteiger partial charge in [0.2, 0.25) is 0 Å². The highest BCUT2D eigenvalue weighted by Crippen LogP contribution is 2.41. The van der Waals surface area contributed by atoms with Crippen LogP contribution < -0.4 is 31.3 Å². The van der Waals surface area contributed by atoms with Crippen LogP contribution in [0, 0.1) is 5.92 Å². The second kappa shape index (κ2) is 14.0. The molecule has 1 atom stereocenters. The van der Waals surface area contributed by atoms with Crippen molar-refractivity contribution in [1.82, 2.24) is 0 Å². The van der Waals surface area contributed by atoms with E-state index in [9.17, 15) is 0 Å². The summed E-state index contributed by atoms with van der Waals surface area (Å²) in [5, 5.41) is 4.88. The van der Waals surface area contributed by atoms with Crippen molar-refractivity contribution in [1.29, 1.82) is 0 Å². The molecule has 4 aromatic rings. The van der Waals surface area contributed by atoms with Crippen molar-refractivity contribution >= 4 is 28.7 Å². The molecule has 0 radical (unpaired) electrons. The summed E-state index contributed by atoms with van der Waals surface area (Å²) in [6.07, 6.45) is 21.6. The van der Waals surface area contributed by atoms with Crippen LogP contribution in [0.15, 0.2) is 168 Å². The summed E-state index contributed by atoms with van der Waals surface area (Å²) in [4.78, 5) is 0. The minimum absolute atomic E-state index is 0.252. The van der Waals surface area contributed by atoms with Crippen molar-refractivity contribution in [3.8, 4) is 16.9 Å². The molecule has 2 heteroatoms. The number of ether oxygens (including phenoxy) is 1. The summed E-state index contributed by atoms with van der Waals surface area (Å²) in [5.41, 5.74) is 20.6. The van der Waals surface area contributed by atoms with Gasteiger partial charge >= 0.3 is 0 Å². The predicted molar refractivity (Wildman–Crippen MR) is 219 cm³/mol. The van der Waals surface area contributed by atoms with Crippen LogP contribution in [0.5, 0.6) is 5.75 Å². The average molecular weight is 676 g/mol. The number of allylic oxidation sites excluding steroid dienone is 12. The van der Waals surface area contributed by atoms with Crippen LogP contribution in [0.2, 0.25) is 0 Å². The quantitative estimate of drug-likeness (QED) is 0.207. The first kappa shape index (κ1) is 33.3. The van der Waals surface area contributed by atoms with Crippen LogP contribution in [-0.4, -0.2) is 0 Å². The Hall–Kier alpha value is -5.86. The summed E-state index contributed by atoms with van der Waals surface area (Å²) in [5.74, 6) is 2.22. The zero-order valence-electron chi connectivity index (χ0n) is 30.4. The maximum atomic E-state index is 6.91. The second-order valence-electron chi connectivity index (χ2n) is 14.1. The predicted octanol–water partition coefficient (Wildman–Crippen LogP) is 9.08. The van der Waals surface area contributed by atoms with E-state index < -0.39 is 0 Å². The van der Waals surface area contributed by atoms with Gasteiger partial charge < -0.3 is 10.5 Å². The van der Waals surface area contributed by atoms with Crippen LogP contribution in [0.25, 0.3) is 39.8 Å². The topological polar surface area (TPSA) is 35.2 Å². The number of fused-ring (bicyclic) bond motifs is 4. The van der Waals surface area contributed by atoms with E-state index in [1.165, 1.54) is 54.3 Å². The first-order valence-electron chi connectivity index (χ1n) is 18.6. The molecule has 8 rings (SSSR count). The summed E-state index contributed by atoms with van der Waals surface area (Å²) < 4.78 is 6.44. The van der Waals surface area contributed by atoms with Crippen LogP contribution in [0.4, 0.5) is 0 Å². The zero-order valence-corrected chi connectivity index (χ0v) is 30.4. The molecule has 0 saturated carbocycles. The van der Waals surface area contributed by atoms with E-state index in [0.29, 0.717) is 5.70 Å². The molecule has 0 fully saturated rings. The van der Waals surface area contributed by atoms with E-state index >= 15 is 0 Å². The molecule has 1 aliphatic heterocycles. The van der Waals surface area contributed by atoms with Crippen LogP contribution in [0.1, 0.15) is 57.6 Å². The van der Waals surface area contributed by atoms with Gasteiger partial charge in [0, 0.05) is 28.8 Å². The third kappa shape index (κ3) is 5.99. The number of hydrogen-bond donors (Lipinski definition) is 1. The third-order valence-corrected chi connectivity index (χ3v) is 10.8. The van der Waals surface area contributed by atoms with Gasteiger partial charge in [-0.05, 0) is 122 Å². The fourth-order valence-corrected chi connectivity index (χ4v) is 8.27. The molecule has 52 heavy (non-hydrogen) atoms. The molecule has 0 saturated heterocycles. The molecular weight excluding hydrogens is 631 g/mol. The maximum Gasteiger partial charge on any atom is 0.134 e. The number of benzene rings is 4. The third-order valence-electron chi connectivity index (χ3n) is 10.8. The normalized spacial score (nSPS) is 21.8. The summed E-state index contributed by atoms with van der Waals surface area (Å²) in [7, 11) is 0. The van der Waals surface area contributed by atoms with Crippen LogP contribution >= 0.6 is 0 Å². The Morgan fingerprint density at radius 1 is 0.923 bits per heavy atom. The van der Waals surface area contributed by atoms with Gasteiger partial charge in [0.25, 0.3) is 0 Å². The van der Waals surface area contributed by atoms with Crippen molar-refractivity contribution < 1.29 is 4.74 Å². The van der Waals surface area contributed by atoms with E-state index in [4.69, 9.17) is 17.0 Å². The Morgan fingerprint density at radius 3 is 2.56 bits per heavy atom. The molecule has 4 aliphatic rings. The Labute approximate surface area is 307 Å². The molecule has 256 valence electrons. The van der Waals surface area contributed by atoms with Crippen molar-refractivity contribution in [3.63, 3.8) is 0 Å². The number of nitrogens with two attached hydrogens (primary N) is 1. The highest BCUT2D eigenvalue weighted by Gasteiger charge is 2.25. The molecule has 1 heterocycles. The van der Waals surface area contributed by atoms with Crippen molar-refractivity contribution in [2.24, 2.45) is 11.7 Å². The molecular formula is C50H45NO. The fraction of sp³-hybridized carbons (Fsp3) is 0.160. The first-order chi connectivity index (χ1) is 25.4. The van der Waals surface area contributed by atoms with E-state index in [1.54, 1.807) is 0 Å². The molecule has 2 nitrogen and oxygen atoms in total. The molecule has 3 aliphatic carbocycles. The summed E-state index contributed by atoms with van der Waals surface area (Å²) in [6, 6.07) is 32.5. The monoisotopic (exact) mass is 675 g/mol. The smallest absolute Gasteiger partial charge is 0.134 e. The molecule has 2 N–H and O–H groups in total. The van der Waals surface area contributed by atoms with Gasteiger partial charge in [0.1, 0.15) is 11.5 Å². The highest BCUT2D eigenvalue weighted by atomic mass is 16.5. The summed E-state index contributed by atoms with van der Waals surface area (Å²) in [6.45, 7) is 11.5. The van der Waals surface area contributed by atoms with Crippen LogP contribution in [-0.2, 0) is 0 Å². The minimum atomic E-state index is 0.252. The van der Waals surface area contributed by atoms with Gasteiger partial charge in [0.15, 0.2) is 0 Å². The van der Waals surface area contributed by atoms with E-state index in [-0.39, 0.29) is 5.92 Å². The molecule has 0 aromatic heterocycles. The zero-order chi connectivity index (χ0) is 35.8. The molecule has 1 unspecified atom stereocenters. The first-order valence-corrected chi connectivity index (χ1v) is 18.6. The van der Waals surface area contributed by atoms with E-state index in [1.807, 2.05) is 6.08 Å². The van der Waals surface area contributed by atoms with E-state index in [0.717, 1.165) is 65.0 Å². The number of rotatable bonds is 6. The molecule has 0 amide bonds. The number of hydrogen-bond acceptors (Lipinski definition) is 2. The minimum Gasteiger partial charge on any atom is -0.460 e. The lowest BCUT2D eigenvalue weighted by atomic mass is 9.78. The van der Waals surface area contributed by atoms with Gasteiger partial charge in [0.05, 0.1) is 0 Å². The van der Waals surface area contributed by atoms with E-state index in [2.05, 4.69) is 154 Å². The standard InChI is InChI=1S/C50H45NO/c1-5-6-16-38-31-43(35-17-8-7-9-18-35)40-21-10-11-22-41(40)48(34(4)39-23-12-15-32(2)49(38)39)33(3)26-28-45(51)37-27-29-46-44(30-37)42-24-13-19-36-20-14-25-47(52-46)50(36)42/h6-13,15-24,26-30,32H,4-5,14,25,31,51H2,1-3H3/b16-6-,33-26+,43-40+,45-28-,48-41-,49-38-. The highest BCUT2D eigenvalue weighted by molar-refractivity contribution is 5.87. The Morgan fingerprint density at radius 2 is 1.73 bits per heavy atom. The van der Waals surface area contributed by atoms with Crippen molar-refractivity contribution in [2.75, 3.05) is 0 Å². The van der Waals surface area contributed by atoms with Crippen molar-refractivity contribution in [3.05, 3.63) is 200 Å². The Bertz CT molecular complexity index is 2580. The SMILES string of the molecule is C=C1C2=CC=CC(C)/C2=C(\C=C/CC)C/C(c2ccccc2)=c2/cccc/c2=C1\C(C)=C\C=C(/N)c1ccc2c(c1)-c1cccc3c1=C(CCC=3)O2. The Kier molecular flexibility index (Phi) is 8.99. The average Bonchev–Trinajstić information content (AvgIpc) is 3.22.